The fourth-order valence-corrected chi connectivity index (χ4v) is 1.63. The number of nitrogens with zero attached hydrogens (tertiary/aromatic N) is 1. The molecule has 0 fully saturated rings. The summed E-state index contributed by atoms with van der Waals surface area (Å²) in [6, 6.07) is 0. The Morgan fingerprint density at radius 3 is 2.35 bits per heavy atom. The van der Waals surface area contributed by atoms with E-state index in [9.17, 15) is 9.59 Å². The number of amides is 1. The van der Waals surface area contributed by atoms with Crippen LogP contribution in [0.2, 0.25) is 0 Å². The van der Waals surface area contributed by atoms with Crippen molar-refractivity contribution in [3.8, 4) is 0 Å². The van der Waals surface area contributed by atoms with E-state index in [-0.39, 0.29) is 18.0 Å². The SMILES string of the molecule is C=C[C@H](CCC(=O)OC)CN(CC)C(=O)OC(C)(C)C. The van der Waals surface area contributed by atoms with Crippen molar-refractivity contribution >= 4 is 12.1 Å². The van der Waals surface area contributed by atoms with E-state index in [0.717, 1.165) is 0 Å². The van der Waals surface area contributed by atoms with Crippen LogP contribution in [0, 0.1) is 5.92 Å². The van der Waals surface area contributed by atoms with E-state index in [2.05, 4.69) is 11.3 Å². The maximum atomic E-state index is 12.0. The summed E-state index contributed by atoms with van der Waals surface area (Å²) >= 11 is 0. The molecule has 0 aliphatic rings. The minimum absolute atomic E-state index is 0.0431. The van der Waals surface area contributed by atoms with Gasteiger partial charge in [-0.05, 0) is 40.0 Å². The van der Waals surface area contributed by atoms with Crippen LogP contribution in [0.4, 0.5) is 4.79 Å². The van der Waals surface area contributed by atoms with Crippen LogP contribution in [0.1, 0.15) is 40.5 Å². The number of ether oxygens (including phenoxy) is 2. The molecular weight excluding hydrogens is 258 g/mol. The maximum absolute atomic E-state index is 12.0. The molecule has 1 atom stereocenters. The van der Waals surface area contributed by atoms with Gasteiger partial charge in [-0.2, -0.15) is 0 Å². The molecule has 0 radical (unpaired) electrons. The summed E-state index contributed by atoms with van der Waals surface area (Å²) < 4.78 is 9.96. The summed E-state index contributed by atoms with van der Waals surface area (Å²) in [5, 5.41) is 0. The third-order valence-electron chi connectivity index (χ3n) is 2.77. The monoisotopic (exact) mass is 285 g/mol. The van der Waals surface area contributed by atoms with Crippen LogP contribution in [-0.2, 0) is 14.3 Å². The molecule has 0 aromatic carbocycles. The lowest BCUT2D eigenvalue weighted by Gasteiger charge is -2.28. The van der Waals surface area contributed by atoms with E-state index in [1.807, 2.05) is 27.7 Å². The summed E-state index contributed by atoms with van der Waals surface area (Å²) in [6.45, 7) is 12.2. The first kappa shape index (κ1) is 18.5. The van der Waals surface area contributed by atoms with E-state index in [0.29, 0.717) is 25.9 Å². The normalized spacial score (nSPS) is 12.4. The van der Waals surface area contributed by atoms with Crippen LogP contribution >= 0.6 is 0 Å². The Balaban J connectivity index is 4.47. The maximum Gasteiger partial charge on any atom is 0.410 e. The van der Waals surface area contributed by atoms with Crippen LogP contribution in [0.25, 0.3) is 0 Å². The van der Waals surface area contributed by atoms with Gasteiger partial charge in [0.2, 0.25) is 0 Å². The van der Waals surface area contributed by atoms with Gasteiger partial charge >= 0.3 is 12.1 Å². The molecule has 20 heavy (non-hydrogen) atoms. The zero-order valence-electron chi connectivity index (χ0n) is 13.3. The smallest absolute Gasteiger partial charge is 0.410 e. The van der Waals surface area contributed by atoms with Crippen molar-refractivity contribution in [2.75, 3.05) is 20.2 Å². The summed E-state index contributed by atoms with van der Waals surface area (Å²) in [5.41, 5.74) is -0.514. The summed E-state index contributed by atoms with van der Waals surface area (Å²) in [5.74, 6) is -0.210. The predicted octanol–water partition coefficient (Wildman–Crippen LogP) is 3.00. The van der Waals surface area contributed by atoms with Gasteiger partial charge in [-0.3, -0.25) is 4.79 Å². The largest absolute Gasteiger partial charge is 0.469 e. The van der Waals surface area contributed by atoms with Crippen molar-refractivity contribution in [1.82, 2.24) is 4.90 Å². The lowest BCUT2D eigenvalue weighted by molar-refractivity contribution is -0.140. The highest BCUT2D eigenvalue weighted by Crippen LogP contribution is 2.14. The second kappa shape index (κ2) is 8.61. The van der Waals surface area contributed by atoms with E-state index in [1.165, 1.54) is 7.11 Å². The average Bonchev–Trinajstić information content (AvgIpc) is 2.36. The van der Waals surface area contributed by atoms with Crippen LogP contribution in [0.15, 0.2) is 12.7 Å². The molecule has 0 heterocycles. The second-order valence-corrected chi connectivity index (χ2v) is 5.63. The second-order valence-electron chi connectivity index (χ2n) is 5.63. The fourth-order valence-electron chi connectivity index (χ4n) is 1.63. The summed E-state index contributed by atoms with van der Waals surface area (Å²) in [7, 11) is 1.37. The number of esters is 1. The first-order chi connectivity index (χ1) is 9.23. The number of methoxy groups -OCH3 is 1. The van der Waals surface area contributed by atoms with Gasteiger partial charge in [0.15, 0.2) is 0 Å². The molecule has 0 N–H and O–H groups in total. The molecule has 0 saturated heterocycles. The molecule has 5 heteroatoms. The zero-order chi connectivity index (χ0) is 15.8. The van der Waals surface area contributed by atoms with Crippen molar-refractivity contribution in [2.24, 2.45) is 5.92 Å². The van der Waals surface area contributed by atoms with Gasteiger partial charge in [-0.15, -0.1) is 6.58 Å². The highest BCUT2D eigenvalue weighted by Gasteiger charge is 2.23. The molecule has 0 bridgehead atoms. The first-order valence-corrected chi connectivity index (χ1v) is 6.90. The van der Waals surface area contributed by atoms with Crippen LogP contribution in [0.3, 0.4) is 0 Å². The van der Waals surface area contributed by atoms with Crippen molar-refractivity contribution in [3.63, 3.8) is 0 Å². The number of hydrogen-bond acceptors (Lipinski definition) is 4. The van der Waals surface area contributed by atoms with Crippen molar-refractivity contribution in [2.45, 2.75) is 46.1 Å². The molecule has 0 aromatic rings. The molecule has 116 valence electrons. The van der Waals surface area contributed by atoms with Crippen LogP contribution in [-0.4, -0.2) is 42.8 Å². The minimum atomic E-state index is -0.514. The Hall–Kier alpha value is -1.52. The molecule has 0 spiro atoms. The van der Waals surface area contributed by atoms with E-state index >= 15 is 0 Å². The fraction of sp³-hybridized carbons (Fsp3) is 0.733. The molecule has 0 rings (SSSR count). The van der Waals surface area contributed by atoms with Crippen molar-refractivity contribution < 1.29 is 19.1 Å². The lowest BCUT2D eigenvalue weighted by Crippen LogP contribution is -2.39. The molecule has 0 aliphatic carbocycles. The Labute approximate surface area is 121 Å². The quantitative estimate of drug-likeness (QED) is 0.533. The third kappa shape index (κ3) is 7.81. The van der Waals surface area contributed by atoms with Gasteiger partial charge < -0.3 is 14.4 Å². The molecule has 5 nitrogen and oxygen atoms in total. The minimum Gasteiger partial charge on any atom is -0.469 e. The van der Waals surface area contributed by atoms with Crippen LogP contribution in [0.5, 0.6) is 0 Å². The van der Waals surface area contributed by atoms with Crippen molar-refractivity contribution in [1.29, 1.82) is 0 Å². The van der Waals surface area contributed by atoms with Gasteiger partial charge in [-0.1, -0.05) is 6.08 Å². The standard InChI is InChI=1S/C15H27NO4/c1-7-12(9-10-13(17)19-6)11-16(8-2)14(18)20-15(3,4)5/h7,12H,1,8-11H2,2-6H3/t12-/m1/s1. The molecule has 0 saturated carbocycles. The molecule has 0 aromatic heterocycles. The van der Waals surface area contributed by atoms with E-state index < -0.39 is 5.60 Å². The van der Waals surface area contributed by atoms with E-state index in [4.69, 9.17) is 4.74 Å². The lowest BCUT2D eigenvalue weighted by atomic mass is 10.0. The molecule has 0 unspecified atom stereocenters. The summed E-state index contributed by atoms with van der Waals surface area (Å²) in [6.07, 6.45) is 2.34. The van der Waals surface area contributed by atoms with Gasteiger partial charge in [0.1, 0.15) is 5.60 Å². The highest BCUT2D eigenvalue weighted by molar-refractivity contribution is 5.69. The predicted molar refractivity (Wildman–Crippen MR) is 78.4 cm³/mol. The van der Waals surface area contributed by atoms with Gasteiger partial charge in [0, 0.05) is 19.5 Å². The molecular formula is C15H27NO4. The number of carbonyl (C=O) groups excluding carboxylic acids is 2. The average molecular weight is 285 g/mol. The highest BCUT2D eigenvalue weighted by atomic mass is 16.6. The number of rotatable bonds is 7. The Morgan fingerprint density at radius 2 is 1.95 bits per heavy atom. The van der Waals surface area contributed by atoms with Gasteiger partial charge in [0.25, 0.3) is 0 Å². The molecule has 1 amide bonds. The van der Waals surface area contributed by atoms with E-state index in [1.54, 1.807) is 11.0 Å². The first-order valence-electron chi connectivity index (χ1n) is 6.90. The third-order valence-corrected chi connectivity index (χ3v) is 2.77. The van der Waals surface area contributed by atoms with Crippen LogP contribution < -0.4 is 0 Å². The Kier molecular flexibility index (Phi) is 7.96. The topological polar surface area (TPSA) is 55.8 Å². The summed E-state index contributed by atoms with van der Waals surface area (Å²) in [4.78, 5) is 24.8. The number of hydrogen-bond donors (Lipinski definition) is 0. The van der Waals surface area contributed by atoms with Gasteiger partial charge in [0.05, 0.1) is 7.11 Å². The van der Waals surface area contributed by atoms with Crippen molar-refractivity contribution in [3.05, 3.63) is 12.7 Å². The van der Waals surface area contributed by atoms with Gasteiger partial charge in [-0.25, -0.2) is 4.79 Å². The zero-order valence-corrected chi connectivity index (χ0v) is 13.3. The Bertz CT molecular complexity index is 333. The molecule has 0 aliphatic heterocycles. The Morgan fingerprint density at radius 1 is 1.35 bits per heavy atom. The number of carbonyl (C=O) groups is 2.